The Morgan fingerprint density at radius 3 is 2.68 bits per heavy atom. The summed E-state index contributed by atoms with van der Waals surface area (Å²) in [6.45, 7) is 4.31. The summed E-state index contributed by atoms with van der Waals surface area (Å²) in [7, 11) is 0. The predicted molar refractivity (Wildman–Crippen MR) is 110 cm³/mol. The molecule has 0 atom stereocenters. The maximum absolute atomic E-state index is 12.2. The summed E-state index contributed by atoms with van der Waals surface area (Å²) < 4.78 is 0. The van der Waals surface area contributed by atoms with Crippen molar-refractivity contribution in [2.24, 2.45) is 0 Å². The summed E-state index contributed by atoms with van der Waals surface area (Å²) >= 11 is 1.63. The third-order valence-corrected chi connectivity index (χ3v) is 5.69. The summed E-state index contributed by atoms with van der Waals surface area (Å²) in [5.41, 5.74) is 1.30. The van der Waals surface area contributed by atoms with Gasteiger partial charge in [0.15, 0.2) is 0 Å². The van der Waals surface area contributed by atoms with Crippen molar-refractivity contribution in [3.05, 3.63) is 47.6 Å². The van der Waals surface area contributed by atoms with E-state index in [1.807, 2.05) is 5.38 Å². The predicted octanol–water partition coefficient (Wildman–Crippen LogP) is 2.71. The molecule has 3 aromatic rings. The van der Waals surface area contributed by atoms with Crippen molar-refractivity contribution < 1.29 is 4.79 Å². The van der Waals surface area contributed by atoms with E-state index in [2.05, 4.69) is 37.2 Å². The van der Waals surface area contributed by atoms with E-state index in [9.17, 15) is 4.79 Å². The summed E-state index contributed by atoms with van der Waals surface area (Å²) in [5.74, 6) is 0.993. The minimum Gasteiger partial charge on any atom is -0.353 e. The third-order valence-electron chi connectivity index (χ3n) is 4.87. The van der Waals surface area contributed by atoms with Crippen molar-refractivity contribution in [2.75, 3.05) is 42.9 Å². The molecule has 1 aliphatic heterocycles. The van der Waals surface area contributed by atoms with Crippen molar-refractivity contribution in [3.63, 3.8) is 0 Å². The Morgan fingerprint density at radius 2 is 1.93 bits per heavy atom. The molecule has 28 heavy (non-hydrogen) atoms. The number of piperazine rings is 1. The highest BCUT2D eigenvalue weighted by Gasteiger charge is 2.20. The van der Waals surface area contributed by atoms with Crippen LogP contribution in [0.15, 0.2) is 42.0 Å². The van der Waals surface area contributed by atoms with Crippen LogP contribution in [0.3, 0.4) is 0 Å². The average Bonchev–Trinajstić information content (AvgIpc) is 3.22. The highest BCUT2D eigenvalue weighted by molar-refractivity contribution is 7.16. The first-order chi connectivity index (χ1) is 13.7. The van der Waals surface area contributed by atoms with E-state index in [0.717, 1.165) is 54.4 Å². The molecule has 0 aliphatic carbocycles. The molecule has 1 N–H and O–H groups in total. The van der Waals surface area contributed by atoms with E-state index in [1.165, 1.54) is 0 Å². The van der Waals surface area contributed by atoms with E-state index in [4.69, 9.17) is 5.26 Å². The molecule has 7 nitrogen and oxygen atoms in total. The molecule has 1 amide bonds. The van der Waals surface area contributed by atoms with Crippen LogP contribution in [0, 0.1) is 11.3 Å². The van der Waals surface area contributed by atoms with Crippen LogP contribution in [0.5, 0.6) is 0 Å². The number of thiophene rings is 1. The van der Waals surface area contributed by atoms with Gasteiger partial charge in [-0.05, 0) is 35.7 Å². The second kappa shape index (κ2) is 8.33. The van der Waals surface area contributed by atoms with E-state index in [0.29, 0.717) is 12.0 Å². The van der Waals surface area contributed by atoms with Gasteiger partial charge in [-0.15, -0.1) is 11.3 Å². The van der Waals surface area contributed by atoms with Gasteiger partial charge >= 0.3 is 0 Å². The van der Waals surface area contributed by atoms with Gasteiger partial charge in [0.2, 0.25) is 5.91 Å². The zero-order valence-corrected chi connectivity index (χ0v) is 16.2. The molecule has 8 heteroatoms. The number of carbonyl (C=O) groups is 1. The topological polar surface area (TPSA) is 85.2 Å². The van der Waals surface area contributed by atoms with Gasteiger partial charge in [0, 0.05) is 44.8 Å². The maximum atomic E-state index is 12.2. The fourth-order valence-corrected chi connectivity index (χ4v) is 4.05. The van der Waals surface area contributed by atoms with Gasteiger partial charge in [-0.1, -0.05) is 0 Å². The lowest BCUT2D eigenvalue weighted by Crippen LogP contribution is -2.47. The number of rotatable bonds is 5. The Morgan fingerprint density at radius 1 is 1.14 bits per heavy atom. The number of fused-ring (bicyclic) bond motifs is 1. The van der Waals surface area contributed by atoms with Crippen molar-refractivity contribution in [3.8, 4) is 6.07 Å². The van der Waals surface area contributed by atoms with Gasteiger partial charge in [0.25, 0.3) is 0 Å². The minimum atomic E-state index is -0.0112. The third kappa shape index (κ3) is 4.11. The van der Waals surface area contributed by atoms with E-state index in [-0.39, 0.29) is 5.91 Å². The molecular weight excluding hydrogens is 372 g/mol. The lowest BCUT2D eigenvalue weighted by Gasteiger charge is -2.35. The molecule has 0 spiro atoms. The molecule has 1 saturated heterocycles. The highest BCUT2D eigenvalue weighted by Crippen LogP contribution is 2.27. The van der Waals surface area contributed by atoms with Crippen molar-refractivity contribution in [1.82, 2.24) is 14.9 Å². The van der Waals surface area contributed by atoms with Crippen LogP contribution >= 0.6 is 11.3 Å². The smallest absolute Gasteiger partial charge is 0.225 e. The molecule has 3 heterocycles. The summed E-state index contributed by atoms with van der Waals surface area (Å²) in [6.07, 6.45) is 2.08. The van der Waals surface area contributed by atoms with Crippen molar-refractivity contribution >= 4 is 39.0 Å². The zero-order valence-electron chi connectivity index (χ0n) is 15.3. The van der Waals surface area contributed by atoms with Crippen molar-refractivity contribution in [2.45, 2.75) is 6.42 Å². The number of hydrogen-bond donors (Lipinski definition) is 1. The number of carbonyl (C=O) groups excluding carboxylic acids is 1. The van der Waals surface area contributed by atoms with E-state index in [1.54, 1.807) is 41.9 Å². The minimum absolute atomic E-state index is 0.0112. The molecule has 1 fully saturated rings. The van der Waals surface area contributed by atoms with Gasteiger partial charge in [-0.2, -0.15) is 5.26 Å². The van der Waals surface area contributed by atoms with Gasteiger partial charge in [-0.3, -0.25) is 9.69 Å². The number of hydrogen-bond acceptors (Lipinski definition) is 7. The molecular formula is C20H20N6OS. The van der Waals surface area contributed by atoms with Gasteiger partial charge in [-0.25, -0.2) is 9.97 Å². The van der Waals surface area contributed by atoms with Crippen LogP contribution in [0.2, 0.25) is 0 Å². The fourth-order valence-electron chi connectivity index (χ4n) is 3.32. The SMILES string of the molecule is N#Cc1ccc(NC(=O)CCN2CCN(c3ncnc4sccc34)CC2)cc1. The maximum Gasteiger partial charge on any atom is 0.225 e. The standard InChI is InChI=1S/C20H20N6OS/c21-13-15-1-3-16(4-2-15)24-18(27)5-7-25-8-10-26(11-9-25)19-17-6-12-28-20(17)23-14-22-19/h1-4,6,12,14H,5,7-11H2,(H,24,27). The van der Waals surface area contributed by atoms with Crippen LogP contribution < -0.4 is 10.2 Å². The molecule has 0 saturated carbocycles. The van der Waals surface area contributed by atoms with Crippen molar-refractivity contribution in [1.29, 1.82) is 5.26 Å². The molecule has 4 rings (SSSR count). The Bertz CT molecular complexity index is 1000. The molecule has 1 aromatic carbocycles. The quantitative estimate of drug-likeness (QED) is 0.719. The monoisotopic (exact) mass is 392 g/mol. The Balaban J connectivity index is 1.26. The first-order valence-electron chi connectivity index (χ1n) is 9.18. The molecule has 0 radical (unpaired) electrons. The lowest BCUT2D eigenvalue weighted by atomic mass is 10.2. The first kappa shape index (κ1) is 18.3. The number of aromatic nitrogens is 2. The molecule has 142 valence electrons. The van der Waals surface area contributed by atoms with Crippen LogP contribution in [0.25, 0.3) is 10.2 Å². The Labute approximate surface area is 167 Å². The number of nitrogens with zero attached hydrogens (tertiary/aromatic N) is 5. The van der Waals surface area contributed by atoms with Gasteiger partial charge in [0.05, 0.1) is 17.0 Å². The van der Waals surface area contributed by atoms with E-state index < -0.39 is 0 Å². The second-order valence-electron chi connectivity index (χ2n) is 6.65. The average molecular weight is 392 g/mol. The van der Waals surface area contributed by atoms with Crippen LogP contribution in [-0.2, 0) is 4.79 Å². The van der Waals surface area contributed by atoms with E-state index >= 15 is 0 Å². The van der Waals surface area contributed by atoms with Crippen LogP contribution in [-0.4, -0.2) is 53.5 Å². The summed E-state index contributed by atoms with van der Waals surface area (Å²) in [6, 6.07) is 11.1. The molecule has 1 aliphatic rings. The second-order valence-corrected chi connectivity index (χ2v) is 7.55. The number of amides is 1. The number of nitriles is 1. The highest BCUT2D eigenvalue weighted by atomic mass is 32.1. The molecule has 2 aromatic heterocycles. The Kier molecular flexibility index (Phi) is 5.46. The van der Waals surface area contributed by atoms with Crippen LogP contribution in [0.1, 0.15) is 12.0 Å². The van der Waals surface area contributed by atoms with Gasteiger partial charge in [0.1, 0.15) is 17.0 Å². The normalized spacial score (nSPS) is 14.8. The number of anilines is 2. The number of nitrogens with one attached hydrogen (secondary N) is 1. The first-order valence-corrected chi connectivity index (χ1v) is 10.1. The zero-order chi connectivity index (χ0) is 19.3. The summed E-state index contributed by atoms with van der Waals surface area (Å²) in [5, 5.41) is 14.9. The molecule has 0 unspecified atom stereocenters. The van der Waals surface area contributed by atoms with Gasteiger partial charge < -0.3 is 10.2 Å². The fraction of sp³-hybridized carbons (Fsp3) is 0.300. The van der Waals surface area contributed by atoms with Crippen LogP contribution in [0.4, 0.5) is 11.5 Å². The molecule has 0 bridgehead atoms. The largest absolute Gasteiger partial charge is 0.353 e. The lowest BCUT2D eigenvalue weighted by molar-refractivity contribution is -0.116. The number of benzene rings is 1. The Hall–Kier alpha value is -3.02. The summed E-state index contributed by atoms with van der Waals surface area (Å²) in [4.78, 5) is 26.6.